The number of aryl methyl sites for hydroxylation is 2. The lowest BCUT2D eigenvalue weighted by molar-refractivity contribution is -0.147. The molecule has 0 bridgehead atoms. The molecule has 4 amide bonds. The Balaban J connectivity index is 1.73. The minimum Gasteiger partial charge on any atom is -0.456 e. The zero-order chi connectivity index (χ0) is 19.1. The monoisotopic (exact) mass is 361 g/mol. The van der Waals surface area contributed by atoms with Crippen molar-refractivity contribution in [3.8, 4) is 0 Å². The number of carbonyl (C=O) groups is 4. The summed E-state index contributed by atoms with van der Waals surface area (Å²) in [5.41, 5.74) is 2.70. The van der Waals surface area contributed by atoms with Gasteiger partial charge in [0.05, 0.1) is 6.54 Å². The first kappa shape index (κ1) is 19.4. The highest BCUT2D eigenvalue weighted by molar-refractivity contribution is 6.01. The smallest absolute Gasteiger partial charge is 0.324 e. The lowest BCUT2D eigenvalue weighted by Gasteiger charge is -2.13. The number of anilines is 1. The minimum atomic E-state index is -0.548. The maximum atomic E-state index is 12.0. The average Bonchev–Trinajstić information content (AvgIpc) is 2.93. The summed E-state index contributed by atoms with van der Waals surface area (Å²) in [4.78, 5) is 47.5. The Bertz CT molecular complexity index is 701. The molecule has 2 N–H and O–H groups in total. The molecule has 0 saturated carbocycles. The summed E-state index contributed by atoms with van der Waals surface area (Å²) >= 11 is 0. The number of nitrogens with zero attached hydrogens (tertiary/aromatic N) is 1. The van der Waals surface area contributed by atoms with Gasteiger partial charge in [0, 0.05) is 18.7 Å². The molecule has 8 heteroatoms. The van der Waals surface area contributed by atoms with E-state index in [1.54, 1.807) is 0 Å². The third kappa shape index (κ3) is 5.05. The van der Waals surface area contributed by atoms with E-state index in [0.29, 0.717) is 0 Å². The Kier molecular flexibility index (Phi) is 6.71. The van der Waals surface area contributed by atoms with Crippen LogP contribution in [0.1, 0.15) is 30.9 Å². The highest BCUT2D eigenvalue weighted by Crippen LogP contribution is 2.20. The first-order chi connectivity index (χ1) is 12.4. The van der Waals surface area contributed by atoms with Crippen molar-refractivity contribution in [3.63, 3.8) is 0 Å². The largest absolute Gasteiger partial charge is 0.456 e. The Morgan fingerprint density at radius 2 is 2.08 bits per heavy atom. The van der Waals surface area contributed by atoms with Crippen LogP contribution in [0.4, 0.5) is 10.5 Å². The fourth-order valence-electron chi connectivity index (χ4n) is 2.66. The second-order valence-corrected chi connectivity index (χ2v) is 5.98. The van der Waals surface area contributed by atoms with Crippen LogP contribution in [0.2, 0.25) is 0 Å². The summed E-state index contributed by atoms with van der Waals surface area (Å²) in [6.07, 6.45) is 1.09. The van der Waals surface area contributed by atoms with E-state index in [1.165, 1.54) is 0 Å². The Hall–Kier alpha value is -2.90. The van der Waals surface area contributed by atoms with Gasteiger partial charge in [0.2, 0.25) is 5.91 Å². The van der Waals surface area contributed by atoms with Crippen molar-refractivity contribution in [2.75, 3.05) is 25.0 Å². The Morgan fingerprint density at radius 1 is 1.31 bits per heavy atom. The third-order valence-corrected chi connectivity index (χ3v) is 4.07. The van der Waals surface area contributed by atoms with Gasteiger partial charge in [-0.15, -0.1) is 0 Å². The van der Waals surface area contributed by atoms with E-state index in [2.05, 4.69) is 10.6 Å². The number of amides is 4. The molecule has 1 aliphatic rings. The highest BCUT2D eigenvalue weighted by Gasteiger charge is 2.27. The summed E-state index contributed by atoms with van der Waals surface area (Å²) in [5, 5.41) is 5.18. The molecule has 26 heavy (non-hydrogen) atoms. The number of esters is 1. The Labute approximate surface area is 151 Å². The van der Waals surface area contributed by atoms with E-state index in [-0.39, 0.29) is 38.4 Å². The van der Waals surface area contributed by atoms with Crippen molar-refractivity contribution in [2.45, 2.75) is 33.1 Å². The van der Waals surface area contributed by atoms with E-state index < -0.39 is 17.9 Å². The maximum absolute atomic E-state index is 12.0. The number of para-hydroxylation sites is 1. The van der Waals surface area contributed by atoms with Crippen molar-refractivity contribution in [1.82, 2.24) is 10.2 Å². The third-order valence-electron chi connectivity index (χ3n) is 4.07. The van der Waals surface area contributed by atoms with Crippen molar-refractivity contribution in [1.29, 1.82) is 0 Å². The minimum absolute atomic E-state index is 0.0118. The number of nitrogens with one attached hydrogen (secondary N) is 2. The molecule has 0 radical (unpaired) electrons. The van der Waals surface area contributed by atoms with Crippen LogP contribution in [-0.4, -0.2) is 48.4 Å². The summed E-state index contributed by atoms with van der Waals surface area (Å²) in [6, 6.07) is 5.31. The van der Waals surface area contributed by atoms with Gasteiger partial charge in [0.1, 0.15) is 0 Å². The van der Waals surface area contributed by atoms with Crippen molar-refractivity contribution < 1.29 is 23.9 Å². The van der Waals surface area contributed by atoms with Crippen LogP contribution in [0.15, 0.2) is 18.2 Å². The van der Waals surface area contributed by atoms with Crippen LogP contribution < -0.4 is 10.6 Å². The number of carbonyl (C=O) groups excluding carboxylic acids is 4. The van der Waals surface area contributed by atoms with E-state index in [4.69, 9.17) is 4.74 Å². The molecule has 0 aromatic heterocycles. The summed E-state index contributed by atoms with van der Waals surface area (Å²) in [7, 11) is 0. The standard InChI is InChI=1S/C18H23N3O5/c1-3-13-7-4-6-12(2)17(13)20-14(22)11-26-16(24)8-5-9-21-15(23)10-19-18(21)25/h4,6-7H,3,5,8-11H2,1-2H3,(H,19,25)(H,20,22). The van der Waals surface area contributed by atoms with E-state index in [0.717, 1.165) is 28.1 Å². The second-order valence-electron chi connectivity index (χ2n) is 5.98. The number of ether oxygens (including phenoxy) is 1. The van der Waals surface area contributed by atoms with Gasteiger partial charge in [-0.1, -0.05) is 25.1 Å². The van der Waals surface area contributed by atoms with Gasteiger partial charge in [-0.05, 0) is 30.9 Å². The summed E-state index contributed by atoms with van der Waals surface area (Å²) in [5.74, 6) is -1.27. The van der Waals surface area contributed by atoms with Crippen LogP contribution in [0, 0.1) is 6.92 Å². The molecule has 0 spiro atoms. The normalized spacial score (nSPS) is 13.5. The molecule has 0 unspecified atom stereocenters. The zero-order valence-electron chi connectivity index (χ0n) is 15.0. The van der Waals surface area contributed by atoms with Crippen LogP contribution in [0.25, 0.3) is 0 Å². The zero-order valence-corrected chi connectivity index (χ0v) is 15.0. The SMILES string of the molecule is CCc1cccc(C)c1NC(=O)COC(=O)CCCN1C(=O)CNC1=O. The second kappa shape index (κ2) is 8.98. The number of urea groups is 1. The molecule has 140 valence electrons. The van der Waals surface area contributed by atoms with Crippen molar-refractivity contribution in [3.05, 3.63) is 29.3 Å². The number of hydrogen-bond acceptors (Lipinski definition) is 5. The molecule has 1 saturated heterocycles. The number of benzene rings is 1. The fourth-order valence-corrected chi connectivity index (χ4v) is 2.66. The topological polar surface area (TPSA) is 105 Å². The number of imide groups is 1. The van der Waals surface area contributed by atoms with Gasteiger partial charge >= 0.3 is 12.0 Å². The first-order valence-electron chi connectivity index (χ1n) is 8.54. The lowest BCUT2D eigenvalue weighted by Crippen LogP contribution is -2.32. The van der Waals surface area contributed by atoms with Gasteiger partial charge in [0.15, 0.2) is 6.61 Å². The molecular formula is C18H23N3O5. The lowest BCUT2D eigenvalue weighted by atomic mass is 10.1. The molecular weight excluding hydrogens is 338 g/mol. The van der Waals surface area contributed by atoms with Gasteiger partial charge in [-0.3, -0.25) is 19.3 Å². The van der Waals surface area contributed by atoms with Crippen LogP contribution in [-0.2, 0) is 25.5 Å². The Morgan fingerprint density at radius 3 is 2.73 bits per heavy atom. The number of hydrogen-bond donors (Lipinski definition) is 2. The van der Waals surface area contributed by atoms with Crippen LogP contribution in [0.5, 0.6) is 0 Å². The molecule has 1 heterocycles. The van der Waals surface area contributed by atoms with Gasteiger partial charge < -0.3 is 15.4 Å². The predicted octanol–water partition coefficient (Wildman–Crippen LogP) is 1.37. The summed E-state index contributed by atoms with van der Waals surface area (Å²) < 4.78 is 4.95. The van der Waals surface area contributed by atoms with Gasteiger partial charge in [-0.2, -0.15) is 0 Å². The average molecular weight is 361 g/mol. The van der Waals surface area contributed by atoms with Crippen LogP contribution in [0.3, 0.4) is 0 Å². The number of rotatable bonds is 8. The molecule has 1 aromatic carbocycles. The molecule has 1 aromatic rings. The van der Waals surface area contributed by atoms with Gasteiger partial charge in [-0.25, -0.2) is 4.79 Å². The fraction of sp³-hybridized carbons (Fsp3) is 0.444. The molecule has 2 rings (SSSR count). The van der Waals surface area contributed by atoms with Crippen molar-refractivity contribution in [2.24, 2.45) is 0 Å². The van der Waals surface area contributed by atoms with Crippen molar-refractivity contribution >= 4 is 29.5 Å². The molecule has 0 aliphatic carbocycles. The van der Waals surface area contributed by atoms with E-state index >= 15 is 0 Å². The molecule has 0 atom stereocenters. The first-order valence-corrected chi connectivity index (χ1v) is 8.54. The summed E-state index contributed by atoms with van der Waals surface area (Å²) in [6.45, 7) is 3.66. The van der Waals surface area contributed by atoms with E-state index in [1.807, 2.05) is 32.0 Å². The molecule has 1 fully saturated rings. The van der Waals surface area contributed by atoms with E-state index in [9.17, 15) is 19.2 Å². The maximum Gasteiger partial charge on any atom is 0.324 e. The van der Waals surface area contributed by atoms with Gasteiger partial charge in [0.25, 0.3) is 5.91 Å². The highest BCUT2D eigenvalue weighted by atomic mass is 16.5. The van der Waals surface area contributed by atoms with Crippen LogP contribution >= 0.6 is 0 Å². The quantitative estimate of drug-likeness (QED) is 0.537. The molecule has 8 nitrogen and oxygen atoms in total. The predicted molar refractivity (Wildman–Crippen MR) is 94.5 cm³/mol. The molecule has 1 aliphatic heterocycles.